The molecule has 4 N–H and O–H groups in total. The molecule has 104 valence electrons. The summed E-state index contributed by atoms with van der Waals surface area (Å²) < 4.78 is 0. The molecule has 1 unspecified atom stereocenters. The summed E-state index contributed by atoms with van der Waals surface area (Å²) in [4.78, 5) is 21.9. The van der Waals surface area contributed by atoms with Gasteiger partial charge in [-0.3, -0.25) is 9.59 Å². The molecule has 5 heteroatoms. The number of amides is 1. The number of hydrogen-bond donors (Lipinski definition) is 3. The van der Waals surface area contributed by atoms with Crippen LogP contribution in [0.25, 0.3) is 0 Å². The zero-order chi connectivity index (χ0) is 13.4. The topological polar surface area (TPSA) is 92.4 Å². The van der Waals surface area contributed by atoms with Crippen LogP contribution in [-0.2, 0) is 9.59 Å². The van der Waals surface area contributed by atoms with E-state index in [0.29, 0.717) is 6.54 Å². The molecule has 0 aromatic carbocycles. The van der Waals surface area contributed by atoms with Crippen LogP contribution < -0.4 is 11.1 Å². The van der Waals surface area contributed by atoms with Crippen molar-refractivity contribution in [3.8, 4) is 0 Å². The summed E-state index contributed by atoms with van der Waals surface area (Å²) in [6.45, 7) is 0.657. The molecule has 1 atom stereocenters. The molecule has 1 aliphatic carbocycles. The van der Waals surface area contributed by atoms with Crippen LogP contribution in [0.5, 0.6) is 0 Å². The molecule has 1 saturated carbocycles. The van der Waals surface area contributed by atoms with E-state index in [4.69, 9.17) is 10.8 Å². The number of carboxylic acids is 1. The highest BCUT2D eigenvalue weighted by Gasteiger charge is 2.16. The van der Waals surface area contributed by atoms with Gasteiger partial charge in [0.15, 0.2) is 0 Å². The van der Waals surface area contributed by atoms with Crippen LogP contribution in [0.2, 0.25) is 0 Å². The average molecular weight is 256 g/mol. The second-order valence-corrected chi connectivity index (χ2v) is 5.12. The molecular formula is C13H24N2O3. The van der Waals surface area contributed by atoms with Crippen LogP contribution in [0.4, 0.5) is 0 Å². The normalized spacial score (nSPS) is 18.3. The minimum absolute atomic E-state index is 0.0583. The maximum atomic E-state index is 11.6. The molecular weight excluding hydrogens is 232 g/mol. The molecule has 0 aromatic rings. The summed E-state index contributed by atoms with van der Waals surface area (Å²) in [5, 5.41) is 11.3. The van der Waals surface area contributed by atoms with Crippen LogP contribution >= 0.6 is 0 Å². The Bertz CT molecular complexity index is 275. The second-order valence-electron chi connectivity index (χ2n) is 5.12. The third-order valence-corrected chi connectivity index (χ3v) is 3.58. The van der Waals surface area contributed by atoms with Crippen molar-refractivity contribution in [1.82, 2.24) is 5.32 Å². The fraction of sp³-hybridized carbons (Fsp3) is 0.846. The number of nitrogens with one attached hydrogen (secondary N) is 1. The van der Waals surface area contributed by atoms with Gasteiger partial charge in [-0.25, -0.2) is 0 Å². The Labute approximate surface area is 108 Å². The lowest BCUT2D eigenvalue weighted by Gasteiger charge is -2.21. The van der Waals surface area contributed by atoms with E-state index >= 15 is 0 Å². The molecule has 18 heavy (non-hydrogen) atoms. The fourth-order valence-corrected chi connectivity index (χ4v) is 2.42. The van der Waals surface area contributed by atoms with Crippen molar-refractivity contribution in [1.29, 1.82) is 0 Å². The van der Waals surface area contributed by atoms with Gasteiger partial charge >= 0.3 is 5.97 Å². The largest absolute Gasteiger partial charge is 0.481 e. The highest BCUT2D eigenvalue weighted by molar-refractivity contribution is 5.82. The Balaban J connectivity index is 2.09. The maximum absolute atomic E-state index is 11.6. The van der Waals surface area contributed by atoms with Gasteiger partial charge < -0.3 is 16.2 Å². The second kappa shape index (κ2) is 8.08. The van der Waals surface area contributed by atoms with E-state index in [9.17, 15) is 9.59 Å². The fourth-order valence-electron chi connectivity index (χ4n) is 2.42. The van der Waals surface area contributed by atoms with Crippen molar-refractivity contribution in [2.75, 3.05) is 6.54 Å². The minimum Gasteiger partial charge on any atom is -0.481 e. The van der Waals surface area contributed by atoms with Crippen LogP contribution in [0.15, 0.2) is 0 Å². The Kier molecular flexibility index (Phi) is 6.72. The van der Waals surface area contributed by atoms with Crippen LogP contribution in [-0.4, -0.2) is 29.6 Å². The Morgan fingerprint density at radius 3 is 2.56 bits per heavy atom. The quantitative estimate of drug-likeness (QED) is 0.639. The first-order valence-corrected chi connectivity index (χ1v) is 6.84. The van der Waals surface area contributed by atoms with Gasteiger partial charge in [0.1, 0.15) is 0 Å². The van der Waals surface area contributed by atoms with Crippen molar-refractivity contribution in [3.63, 3.8) is 0 Å². The van der Waals surface area contributed by atoms with Gasteiger partial charge in [0, 0.05) is 13.0 Å². The van der Waals surface area contributed by atoms with Crippen molar-refractivity contribution in [2.45, 2.75) is 57.4 Å². The first-order valence-electron chi connectivity index (χ1n) is 6.84. The highest BCUT2D eigenvalue weighted by atomic mass is 16.4. The number of hydrogen-bond acceptors (Lipinski definition) is 3. The van der Waals surface area contributed by atoms with Crippen molar-refractivity contribution < 1.29 is 14.7 Å². The molecule has 0 bridgehead atoms. The van der Waals surface area contributed by atoms with Crippen LogP contribution in [0.3, 0.4) is 0 Å². The van der Waals surface area contributed by atoms with Crippen molar-refractivity contribution >= 4 is 11.9 Å². The van der Waals surface area contributed by atoms with Gasteiger partial charge in [-0.1, -0.05) is 32.1 Å². The van der Waals surface area contributed by atoms with Gasteiger partial charge in [0.25, 0.3) is 0 Å². The number of nitrogens with two attached hydrogens (primary N) is 1. The Hall–Kier alpha value is -1.10. The molecule has 1 rings (SSSR count). The van der Waals surface area contributed by atoms with Gasteiger partial charge in [0.05, 0.1) is 6.04 Å². The average Bonchev–Trinajstić information content (AvgIpc) is 2.37. The molecule has 5 nitrogen and oxygen atoms in total. The van der Waals surface area contributed by atoms with E-state index in [1.54, 1.807) is 0 Å². The summed E-state index contributed by atoms with van der Waals surface area (Å²) in [5.41, 5.74) is 5.61. The molecule has 1 amide bonds. The summed E-state index contributed by atoms with van der Waals surface area (Å²) in [5.74, 6) is -0.415. The summed E-state index contributed by atoms with van der Waals surface area (Å²) >= 11 is 0. The molecule has 1 aliphatic rings. The lowest BCUT2D eigenvalue weighted by Crippen LogP contribution is -2.41. The first-order chi connectivity index (χ1) is 8.59. The van der Waals surface area contributed by atoms with E-state index in [1.807, 2.05) is 0 Å². The smallest absolute Gasteiger partial charge is 0.303 e. The highest BCUT2D eigenvalue weighted by Crippen LogP contribution is 2.25. The molecule has 0 radical (unpaired) electrons. The van der Waals surface area contributed by atoms with E-state index in [-0.39, 0.29) is 18.7 Å². The zero-order valence-electron chi connectivity index (χ0n) is 10.9. The summed E-state index contributed by atoms with van der Waals surface area (Å²) in [6, 6.07) is -0.701. The molecule has 0 aromatic heterocycles. The third kappa shape index (κ3) is 6.00. The van der Waals surface area contributed by atoms with Crippen molar-refractivity contribution in [2.24, 2.45) is 11.7 Å². The minimum atomic E-state index is -0.916. The predicted molar refractivity (Wildman–Crippen MR) is 69.0 cm³/mol. The van der Waals surface area contributed by atoms with Crippen LogP contribution in [0.1, 0.15) is 51.4 Å². The van der Waals surface area contributed by atoms with Gasteiger partial charge in [0.2, 0.25) is 5.91 Å². The molecule has 0 saturated heterocycles. The number of aliphatic carboxylic acids is 1. The van der Waals surface area contributed by atoms with Gasteiger partial charge in [-0.15, -0.1) is 0 Å². The molecule has 0 spiro atoms. The number of carbonyl (C=O) groups excluding carboxylic acids is 1. The lowest BCUT2D eigenvalue weighted by molar-refractivity contribution is -0.137. The van der Waals surface area contributed by atoms with E-state index in [0.717, 1.165) is 12.3 Å². The number of carboxylic acid groups (broad SMARTS) is 1. The summed E-state index contributed by atoms with van der Waals surface area (Å²) in [6.07, 6.45) is 7.62. The number of carbonyl (C=O) groups is 2. The third-order valence-electron chi connectivity index (χ3n) is 3.58. The van der Waals surface area contributed by atoms with E-state index in [1.165, 1.54) is 32.1 Å². The van der Waals surface area contributed by atoms with Gasteiger partial charge in [-0.2, -0.15) is 0 Å². The van der Waals surface area contributed by atoms with Crippen molar-refractivity contribution in [3.05, 3.63) is 0 Å². The van der Waals surface area contributed by atoms with E-state index in [2.05, 4.69) is 5.32 Å². The SMILES string of the molecule is NC(CCC(=O)O)C(=O)NCCC1CCCCC1. The lowest BCUT2D eigenvalue weighted by atomic mass is 9.87. The first kappa shape index (κ1) is 15.0. The molecule has 0 aliphatic heterocycles. The Morgan fingerprint density at radius 2 is 1.94 bits per heavy atom. The summed E-state index contributed by atoms with van der Waals surface area (Å²) in [7, 11) is 0. The Morgan fingerprint density at radius 1 is 1.28 bits per heavy atom. The standard InChI is InChI=1S/C13H24N2O3/c14-11(6-7-12(16)17)13(18)15-9-8-10-4-2-1-3-5-10/h10-11H,1-9,14H2,(H,15,18)(H,16,17). The molecule has 1 fully saturated rings. The van der Waals surface area contributed by atoms with E-state index < -0.39 is 12.0 Å². The van der Waals surface area contributed by atoms with Crippen LogP contribution in [0, 0.1) is 5.92 Å². The molecule has 0 heterocycles. The monoisotopic (exact) mass is 256 g/mol. The maximum Gasteiger partial charge on any atom is 0.303 e. The van der Waals surface area contributed by atoms with Gasteiger partial charge in [-0.05, 0) is 18.8 Å². The predicted octanol–water partition coefficient (Wildman–Crippen LogP) is 1.27. The number of rotatable bonds is 7. The zero-order valence-corrected chi connectivity index (χ0v) is 10.9.